The number of nitrogens with one attached hydrogen (secondary N) is 1. The smallest absolute Gasteiger partial charge is 0.234 e. The molecule has 0 radical (unpaired) electrons. The van der Waals surface area contributed by atoms with Gasteiger partial charge in [0.15, 0.2) is 11.0 Å². The van der Waals surface area contributed by atoms with Crippen molar-refractivity contribution in [2.24, 2.45) is 0 Å². The monoisotopic (exact) mass is 465 g/mol. The van der Waals surface area contributed by atoms with E-state index < -0.39 is 0 Å². The van der Waals surface area contributed by atoms with Crippen molar-refractivity contribution in [2.45, 2.75) is 12.1 Å². The first-order valence-electron chi connectivity index (χ1n) is 9.92. The van der Waals surface area contributed by atoms with Crippen LogP contribution in [-0.4, -0.2) is 38.0 Å². The molecule has 0 saturated heterocycles. The lowest BCUT2D eigenvalue weighted by molar-refractivity contribution is -0.113. The zero-order chi connectivity index (χ0) is 22.3. The molecule has 162 valence electrons. The average Bonchev–Trinajstić information content (AvgIpc) is 3.24. The van der Waals surface area contributed by atoms with Gasteiger partial charge in [0, 0.05) is 28.7 Å². The van der Waals surface area contributed by atoms with Crippen LogP contribution in [-0.2, 0) is 4.79 Å². The summed E-state index contributed by atoms with van der Waals surface area (Å²) < 4.78 is 7.46. The van der Waals surface area contributed by atoms with Gasteiger partial charge in [-0.15, -0.1) is 10.2 Å². The van der Waals surface area contributed by atoms with E-state index in [1.54, 1.807) is 24.5 Å². The molecular formula is C23H20ClN5O2S. The normalized spacial score (nSPS) is 10.7. The largest absolute Gasteiger partial charge is 0.492 e. The Morgan fingerprint density at radius 3 is 2.66 bits per heavy atom. The number of carbonyl (C=O) groups is 1. The number of aromatic nitrogens is 4. The minimum Gasteiger partial charge on any atom is -0.492 e. The number of benzene rings is 2. The maximum absolute atomic E-state index is 12.6. The van der Waals surface area contributed by atoms with Gasteiger partial charge < -0.3 is 10.1 Å². The molecule has 0 aliphatic heterocycles. The SMILES string of the molecule is CCOc1ccccc1NC(=O)CSc1nnc(-c2cccnc2)n1-c1ccc(Cl)cc1. The lowest BCUT2D eigenvalue weighted by atomic mass is 10.2. The Kier molecular flexibility index (Phi) is 7.03. The number of amides is 1. The van der Waals surface area contributed by atoms with Crippen molar-refractivity contribution >= 4 is 35.0 Å². The fraction of sp³-hybridized carbons (Fsp3) is 0.130. The van der Waals surface area contributed by atoms with Crippen molar-refractivity contribution in [1.29, 1.82) is 0 Å². The quantitative estimate of drug-likeness (QED) is 0.364. The van der Waals surface area contributed by atoms with Gasteiger partial charge in [0.2, 0.25) is 5.91 Å². The van der Waals surface area contributed by atoms with Crippen LogP contribution in [0.4, 0.5) is 5.69 Å². The second kappa shape index (κ2) is 10.3. The van der Waals surface area contributed by atoms with Gasteiger partial charge in [-0.3, -0.25) is 14.3 Å². The van der Waals surface area contributed by atoms with Crippen LogP contribution in [0.5, 0.6) is 5.75 Å². The molecule has 2 aromatic carbocycles. The van der Waals surface area contributed by atoms with Gasteiger partial charge >= 0.3 is 0 Å². The summed E-state index contributed by atoms with van der Waals surface area (Å²) in [5.74, 6) is 1.25. The molecule has 4 aromatic rings. The zero-order valence-corrected chi connectivity index (χ0v) is 18.8. The Morgan fingerprint density at radius 2 is 1.91 bits per heavy atom. The molecule has 32 heavy (non-hydrogen) atoms. The molecule has 0 unspecified atom stereocenters. The summed E-state index contributed by atoms with van der Waals surface area (Å²) >= 11 is 7.36. The van der Waals surface area contributed by atoms with Crippen molar-refractivity contribution in [3.05, 3.63) is 78.1 Å². The summed E-state index contributed by atoms with van der Waals surface area (Å²) in [6.45, 7) is 2.42. The van der Waals surface area contributed by atoms with E-state index in [0.717, 1.165) is 11.3 Å². The minimum atomic E-state index is -0.171. The highest BCUT2D eigenvalue weighted by Gasteiger charge is 2.18. The van der Waals surface area contributed by atoms with E-state index in [-0.39, 0.29) is 11.7 Å². The van der Waals surface area contributed by atoms with Gasteiger partial charge in [-0.1, -0.05) is 35.5 Å². The number of pyridine rings is 1. The molecule has 0 spiro atoms. The fourth-order valence-electron chi connectivity index (χ4n) is 3.04. The van der Waals surface area contributed by atoms with E-state index in [4.69, 9.17) is 16.3 Å². The molecule has 9 heteroatoms. The van der Waals surface area contributed by atoms with E-state index in [1.807, 2.05) is 60.0 Å². The van der Waals surface area contributed by atoms with Gasteiger partial charge in [-0.25, -0.2) is 0 Å². The molecule has 2 heterocycles. The Morgan fingerprint density at radius 1 is 1.09 bits per heavy atom. The highest BCUT2D eigenvalue weighted by Crippen LogP contribution is 2.29. The predicted octanol–water partition coefficient (Wildman–Crippen LogP) is 5.11. The van der Waals surface area contributed by atoms with Crippen LogP contribution in [0.3, 0.4) is 0 Å². The first kappa shape index (κ1) is 21.9. The Balaban J connectivity index is 1.57. The third kappa shape index (κ3) is 5.09. The summed E-state index contributed by atoms with van der Waals surface area (Å²) in [5, 5.41) is 12.8. The number of nitrogens with zero attached hydrogens (tertiary/aromatic N) is 4. The molecule has 0 bridgehead atoms. The molecule has 0 saturated carbocycles. The molecule has 7 nitrogen and oxygen atoms in total. The van der Waals surface area contributed by atoms with E-state index in [9.17, 15) is 4.79 Å². The second-order valence-corrected chi connectivity index (χ2v) is 8.00. The lowest BCUT2D eigenvalue weighted by Gasteiger charge is -2.12. The summed E-state index contributed by atoms with van der Waals surface area (Å²) in [4.78, 5) is 16.8. The molecule has 2 aromatic heterocycles. The summed E-state index contributed by atoms with van der Waals surface area (Å²) in [7, 11) is 0. The number of para-hydroxylation sites is 2. The van der Waals surface area contributed by atoms with Crippen molar-refractivity contribution < 1.29 is 9.53 Å². The molecule has 1 amide bonds. The van der Waals surface area contributed by atoms with Gasteiger partial charge in [0.05, 0.1) is 18.0 Å². The first-order chi connectivity index (χ1) is 15.7. The number of halogens is 1. The van der Waals surface area contributed by atoms with Gasteiger partial charge in [-0.05, 0) is 55.5 Å². The molecule has 0 atom stereocenters. The van der Waals surface area contributed by atoms with Gasteiger partial charge in [0.1, 0.15) is 5.75 Å². The second-order valence-electron chi connectivity index (χ2n) is 6.63. The summed E-state index contributed by atoms with van der Waals surface area (Å²) in [5.41, 5.74) is 2.29. The van der Waals surface area contributed by atoms with Crippen LogP contribution in [0.25, 0.3) is 17.1 Å². The third-order valence-corrected chi connectivity index (χ3v) is 5.61. The lowest BCUT2D eigenvalue weighted by Crippen LogP contribution is -2.15. The first-order valence-corrected chi connectivity index (χ1v) is 11.3. The van der Waals surface area contributed by atoms with Crippen LogP contribution in [0.15, 0.2) is 78.2 Å². The maximum Gasteiger partial charge on any atom is 0.234 e. The molecular weight excluding hydrogens is 446 g/mol. The van der Waals surface area contributed by atoms with Crippen molar-refractivity contribution in [1.82, 2.24) is 19.7 Å². The topological polar surface area (TPSA) is 81.9 Å². The number of rotatable bonds is 8. The van der Waals surface area contributed by atoms with E-state index in [2.05, 4.69) is 20.5 Å². The van der Waals surface area contributed by atoms with Gasteiger partial charge in [-0.2, -0.15) is 0 Å². The van der Waals surface area contributed by atoms with Crippen molar-refractivity contribution in [2.75, 3.05) is 17.7 Å². The maximum atomic E-state index is 12.6. The predicted molar refractivity (Wildman–Crippen MR) is 127 cm³/mol. The van der Waals surface area contributed by atoms with E-state index in [1.165, 1.54) is 11.8 Å². The van der Waals surface area contributed by atoms with Crippen LogP contribution in [0.2, 0.25) is 5.02 Å². The number of carbonyl (C=O) groups excluding carboxylic acids is 1. The number of hydrogen-bond donors (Lipinski definition) is 1. The highest BCUT2D eigenvalue weighted by atomic mass is 35.5. The Hall–Kier alpha value is -3.36. The van der Waals surface area contributed by atoms with Gasteiger partial charge in [0.25, 0.3) is 0 Å². The number of hydrogen-bond acceptors (Lipinski definition) is 6. The third-order valence-electron chi connectivity index (χ3n) is 4.43. The molecule has 0 aliphatic carbocycles. The highest BCUT2D eigenvalue weighted by molar-refractivity contribution is 7.99. The van der Waals surface area contributed by atoms with E-state index in [0.29, 0.717) is 34.0 Å². The standard InChI is InChI=1S/C23H20ClN5O2S/c1-2-31-20-8-4-3-7-19(20)26-21(30)15-32-23-28-27-22(16-6-5-13-25-14-16)29(23)18-11-9-17(24)10-12-18/h3-14H,2,15H2,1H3,(H,26,30). The fourth-order valence-corrected chi connectivity index (χ4v) is 3.91. The van der Waals surface area contributed by atoms with Crippen molar-refractivity contribution in [3.8, 4) is 22.8 Å². The Labute approximate surface area is 194 Å². The number of anilines is 1. The summed E-state index contributed by atoms with van der Waals surface area (Å²) in [6.07, 6.45) is 3.43. The molecule has 1 N–H and O–H groups in total. The zero-order valence-electron chi connectivity index (χ0n) is 17.2. The molecule has 4 rings (SSSR count). The Bertz CT molecular complexity index is 1200. The molecule has 0 fully saturated rings. The number of thioether (sulfide) groups is 1. The van der Waals surface area contributed by atoms with Crippen LogP contribution in [0, 0.1) is 0 Å². The summed E-state index contributed by atoms with van der Waals surface area (Å²) in [6, 6.07) is 18.5. The van der Waals surface area contributed by atoms with Crippen LogP contribution in [0.1, 0.15) is 6.92 Å². The van der Waals surface area contributed by atoms with E-state index >= 15 is 0 Å². The van der Waals surface area contributed by atoms with Crippen molar-refractivity contribution in [3.63, 3.8) is 0 Å². The molecule has 0 aliphatic rings. The minimum absolute atomic E-state index is 0.152. The number of ether oxygens (including phenoxy) is 1. The van der Waals surface area contributed by atoms with Crippen LogP contribution < -0.4 is 10.1 Å². The van der Waals surface area contributed by atoms with Crippen LogP contribution >= 0.6 is 23.4 Å². The average molecular weight is 466 g/mol.